The molecule has 0 saturated carbocycles. The number of carbonyl (C=O) groups is 3. The van der Waals surface area contributed by atoms with Crippen molar-refractivity contribution >= 4 is 41.1 Å². The molecule has 25 heavy (non-hydrogen) atoms. The van der Waals surface area contributed by atoms with Gasteiger partial charge in [-0.25, -0.2) is 9.78 Å². The fourth-order valence-corrected chi connectivity index (χ4v) is 2.42. The highest BCUT2D eigenvalue weighted by molar-refractivity contribution is 7.98. The summed E-state index contributed by atoms with van der Waals surface area (Å²) in [5.41, 5.74) is 4.97. The second kappa shape index (κ2) is 9.05. The number of thioether (sulfide) groups is 1. The van der Waals surface area contributed by atoms with Crippen molar-refractivity contribution in [2.45, 2.75) is 5.03 Å². The standard InChI is InChI=1S/C16H14ClN3O4S/c1-25-15-12(3-2-8-18-15)16(23)24-9-13(21)19-20-14(22)10-4-6-11(17)7-5-10/h2-8H,9H2,1H3,(H,19,21)(H,20,22). The second-order valence-corrected chi connectivity index (χ2v) is 5.88. The van der Waals surface area contributed by atoms with Crippen LogP contribution >= 0.6 is 23.4 Å². The molecule has 2 rings (SSSR count). The van der Waals surface area contributed by atoms with Crippen LogP contribution in [0, 0.1) is 0 Å². The molecule has 130 valence electrons. The highest BCUT2D eigenvalue weighted by Crippen LogP contribution is 2.17. The average Bonchev–Trinajstić information content (AvgIpc) is 2.64. The van der Waals surface area contributed by atoms with Gasteiger partial charge < -0.3 is 4.74 Å². The SMILES string of the molecule is CSc1ncccc1C(=O)OCC(=O)NNC(=O)c1ccc(Cl)cc1. The van der Waals surface area contributed by atoms with Crippen LogP contribution in [-0.4, -0.2) is 35.6 Å². The number of nitrogens with one attached hydrogen (secondary N) is 2. The van der Waals surface area contributed by atoms with Crippen molar-refractivity contribution in [3.8, 4) is 0 Å². The maximum Gasteiger partial charge on any atom is 0.341 e. The zero-order valence-electron chi connectivity index (χ0n) is 13.1. The first kappa shape index (κ1) is 18.8. The lowest BCUT2D eigenvalue weighted by molar-refractivity contribution is -0.125. The van der Waals surface area contributed by atoms with Crippen LogP contribution in [-0.2, 0) is 9.53 Å². The monoisotopic (exact) mass is 379 g/mol. The predicted octanol–water partition coefficient (Wildman–Crippen LogP) is 2.07. The van der Waals surface area contributed by atoms with E-state index >= 15 is 0 Å². The Morgan fingerprint density at radius 1 is 1.16 bits per heavy atom. The second-order valence-electron chi connectivity index (χ2n) is 4.65. The van der Waals surface area contributed by atoms with Crippen LogP contribution in [0.15, 0.2) is 47.6 Å². The van der Waals surface area contributed by atoms with Gasteiger partial charge in [-0.15, -0.1) is 11.8 Å². The summed E-state index contributed by atoms with van der Waals surface area (Å²) in [6, 6.07) is 9.28. The van der Waals surface area contributed by atoms with E-state index in [1.807, 2.05) is 0 Å². The summed E-state index contributed by atoms with van der Waals surface area (Å²) in [6.45, 7) is -0.539. The van der Waals surface area contributed by atoms with Crippen molar-refractivity contribution in [1.29, 1.82) is 0 Å². The third kappa shape index (κ3) is 5.47. The number of halogens is 1. The molecule has 1 aromatic carbocycles. The Labute approximate surface area is 153 Å². The maximum atomic E-state index is 12.0. The van der Waals surface area contributed by atoms with E-state index in [1.54, 1.807) is 36.7 Å². The molecule has 1 aromatic heterocycles. The van der Waals surface area contributed by atoms with Gasteiger partial charge in [-0.1, -0.05) is 11.6 Å². The fraction of sp³-hybridized carbons (Fsp3) is 0.125. The number of hydrogen-bond donors (Lipinski definition) is 2. The molecule has 2 N–H and O–H groups in total. The Morgan fingerprint density at radius 2 is 1.88 bits per heavy atom. The van der Waals surface area contributed by atoms with E-state index < -0.39 is 24.4 Å². The van der Waals surface area contributed by atoms with E-state index in [-0.39, 0.29) is 5.56 Å². The maximum absolute atomic E-state index is 12.0. The minimum Gasteiger partial charge on any atom is -0.452 e. The molecule has 0 bridgehead atoms. The van der Waals surface area contributed by atoms with Gasteiger partial charge in [-0.2, -0.15) is 0 Å². The number of aromatic nitrogens is 1. The number of esters is 1. The number of carbonyl (C=O) groups excluding carboxylic acids is 3. The van der Waals surface area contributed by atoms with E-state index in [2.05, 4.69) is 15.8 Å². The van der Waals surface area contributed by atoms with E-state index in [9.17, 15) is 14.4 Å². The first-order valence-corrected chi connectivity index (χ1v) is 8.62. The minimum absolute atomic E-state index is 0.271. The van der Waals surface area contributed by atoms with Crippen molar-refractivity contribution in [2.24, 2.45) is 0 Å². The van der Waals surface area contributed by atoms with Crippen molar-refractivity contribution < 1.29 is 19.1 Å². The quantitative estimate of drug-likeness (QED) is 0.469. The number of hydrogen-bond acceptors (Lipinski definition) is 6. The summed E-state index contributed by atoms with van der Waals surface area (Å²) in [5, 5.41) is 0.997. The Hall–Kier alpha value is -2.58. The van der Waals surface area contributed by atoms with Crippen LogP contribution in [0.25, 0.3) is 0 Å². The van der Waals surface area contributed by atoms with Gasteiger partial charge in [0.05, 0.1) is 5.56 Å². The van der Waals surface area contributed by atoms with Crippen LogP contribution < -0.4 is 10.9 Å². The summed E-state index contributed by atoms with van der Waals surface area (Å²) in [5.74, 6) is -1.87. The lowest BCUT2D eigenvalue weighted by Crippen LogP contribution is -2.43. The smallest absolute Gasteiger partial charge is 0.341 e. The Morgan fingerprint density at radius 3 is 2.56 bits per heavy atom. The van der Waals surface area contributed by atoms with Gasteiger partial charge in [0.2, 0.25) is 0 Å². The molecule has 1 heterocycles. The van der Waals surface area contributed by atoms with Gasteiger partial charge in [0.1, 0.15) is 5.03 Å². The predicted molar refractivity (Wildman–Crippen MR) is 93.4 cm³/mol. The van der Waals surface area contributed by atoms with E-state index in [4.69, 9.17) is 16.3 Å². The molecule has 0 aliphatic heterocycles. The highest BCUT2D eigenvalue weighted by atomic mass is 35.5. The van der Waals surface area contributed by atoms with Gasteiger partial charge in [0.15, 0.2) is 6.61 Å². The summed E-state index contributed by atoms with van der Waals surface area (Å²) in [7, 11) is 0. The van der Waals surface area contributed by atoms with Gasteiger partial charge in [-0.3, -0.25) is 20.4 Å². The Balaban J connectivity index is 1.81. The van der Waals surface area contributed by atoms with Gasteiger partial charge in [0.25, 0.3) is 11.8 Å². The van der Waals surface area contributed by atoms with Crippen LogP contribution in [0.4, 0.5) is 0 Å². The summed E-state index contributed by atoms with van der Waals surface area (Å²) in [6.07, 6.45) is 3.33. The molecule has 0 aliphatic carbocycles. The van der Waals surface area contributed by atoms with Gasteiger partial charge in [0, 0.05) is 16.8 Å². The molecule has 0 aliphatic rings. The number of hydrazine groups is 1. The number of pyridine rings is 1. The van der Waals surface area contributed by atoms with Crippen molar-refractivity contribution in [3.63, 3.8) is 0 Å². The van der Waals surface area contributed by atoms with Gasteiger partial charge >= 0.3 is 5.97 Å². The number of benzene rings is 1. The molecule has 0 unspecified atom stereocenters. The lowest BCUT2D eigenvalue weighted by Gasteiger charge is -2.09. The van der Waals surface area contributed by atoms with Crippen molar-refractivity contribution in [2.75, 3.05) is 12.9 Å². The number of nitrogens with zero attached hydrogens (tertiary/aromatic N) is 1. The first-order valence-electron chi connectivity index (χ1n) is 7.02. The van der Waals surface area contributed by atoms with Gasteiger partial charge in [-0.05, 0) is 42.7 Å². The van der Waals surface area contributed by atoms with E-state index in [0.717, 1.165) is 0 Å². The number of amides is 2. The average molecular weight is 380 g/mol. The Bertz CT molecular complexity index is 783. The van der Waals surface area contributed by atoms with Crippen LogP contribution in [0.5, 0.6) is 0 Å². The van der Waals surface area contributed by atoms with Crippen LogP contribution in [0.3, 0.4) is 0 Å². The molecule has 9 heteroatoms. The third-order valence-corrected chi connectivity index (χ3v) is 3.90. The molecule has 2 amide bonds. The van der Waals surface area contributed by atoms with Crippen molar-refractivity contribution in [3.05, 3.63) is 58.7 Å². The summed E-state index contributed by atoms with van der Waals surface area (Å²) >= 11 is 7.02. The summed E-state index contributed by atoms with van der Waals surface area (Å²) < 4.78 is 4.91. The van der Waals surface area contributed by atoms with Crippen LogP contribution in [0.1, 0.15) is 20.7 Å². The topological polar surface area (TPSA) is 97.4 Å². The molecule has 0 spiro atoms. The zero-order chi connectivity index (χ0) is 18.2. The molecule has 2 aromatic rings. The number of rotatable bonds is 5. The summed E-state index contributed by atoms with van der Waals surface area (Å²) in [4.78, 5) is 39.5. The minimum atomic E-state index is -0.676. The Kier molecular flexibility index (Phi) is 6.79. The first-order chi connectivity index (χ1) is 12.0. The molecular formula is C16H14ClN3O4S. The van der Waals surface area contributed by atoms with Crippen LogP contribution in [0.2, 0.25) is 5.02 Å². The zero-order valence-corrected chi connectivity index (χ0v) is 14.7. The largest absolute Gasteiger partial charge is 0.452 e. The molecule has 7 nitrogen and oxygen atoms in total. The third-order valence-electron chi connectivity index (χ3n) is 2.94. The molecule has 0 radical (unpaired) electrons. The molecule has 0 fully saturated rings. The normalized spacial score (nSPS) is 10.0. The van der Waals surface area contributed by atoms with E-state index in [0.29, 0.717) is 15.6 Å². The van der Waals surface area contributed by atoms with E-state index in [1.165, 1.54) is 23.9 Å². The lowest BCUT2D eigenvalue weighted by atomic mass is 10.2. The van der Waals surface area contributed by atoms with Crippen molar-refractivity contribution in [1.82, 2.24) is 15.8 Å². The molecule has 0 atom stereocenters. The molecule has 0 saturated heterocycles. The number of ether oxygens (including phenoxy) is 1. The fourth-order valence-electron chi connectivity index (χ4n) is 1.75. The molecular weight excluding hydrogens is 366 g/mol. The highest BCUT2D eigenvalue weighted by Gasteiger charge is 2.15.